The number of piperazine rings is 1. The highest BCUT2D eigenvalue weighted by Crippen LogP contribution is 2.36. The number of carbonyl (C=O) groups excluding carboxylic acids is 1. The second-order valence-electron chi connectivity index (χ2n) is 10.7. The molecule has 0 spiro atoms. The topological polar surface area (TPSA) is 114 Å². The number of benzene rings is 2. The molecule has 2 aliphatic rings. The molecule has 2 aliphatic heterocycles. The molecule has 42 heavy (non-hydrogen) atoms. The third-order valence-corrected chi connectivity index (χ3v) is 9.76. The smallest absolute Gasteiger partial charge is 0.319 e. The van der Waals surface area contributed by atoms with Gasteiger partial charge in [0, 0.05) is 50.5 Å². The maximum Gasteiger partial charge on any atom is 0.319 e. The lowest BCUT2D eigenvalue weighted by Gasteiger charge is -2.37. The molecular formula is C31H36N6O4S. The first-order valence-corrected chi connectivity index (χ1v) is 15.9. The molecule has 2 N–H and O–H groups in total. The van der Waals surface area contributed by atoms with Gasteiger partial charge < -0.3 is 15.4 Å². The Labute approximate surface area is 246 Å². The summed E-state index contributed by atoms with van der Waals surface area (Å²) >= 11 is 0. The van der Waals surface area contributed by atoms with Crippen LogP contribution >= 0.6 is 0 Å². The fourth-order valence-electron chi connectivity index (χ4n) is 5.91. The van der Waals surface area contributed by atoms with Gasteiger partial charge in [0.15, 0.2) is 5.65 Å². The van der Waals surface area contributed by atoms with E-state index in [9.17, 15) is 13.2 Å². The summed E-state index contributed by atoms with van der Waals surface area (Å²) in [7, 11) is -3.92. The first kappa shape index (κ1) is 28.0. The number of anilines is 2. The van der Waals surface area contributed by atoms with Crippen molar-refractivity contribution in [3.8, 4) is 5.75 Å². The number of aryl methyl sites for hydroxylation is 1. The number of urea groups is 1. The van der Waals surface area contributed by atoms with E-state index in [4.69, 9.17) is 10.5 Å². The van der Waals surface area contributed by atoms with Crippen LogP contribution in [0.3, 0.4) is 0 Å². The van der Waals surface area contributed by atoms with E-state index in [1.165, 1.54) is 40.7 Å². The Hall–Kier alpha value is -4.09. The van der Waals surface area contributed by atoms with E-state index in [1.807, 2.05) is 0 Å². The van der Waals surface area contributed by atoms with E-state index >= 15 is 0 Å². The number of rotatable bonds is 9. The van der Waals surface area contributed by atoms with E-state index in [2.05, 4.69) is 33.0 Å². The molecule has 6 rings (SSSR count). The van der Waals surface area contributed by atoms with Crippen molar-refractivity contribution >= 4 is 38.5 Å². The first-order valence-electron chi connectivity index (χ1n) is 14.5. The summed E-state index contributed by atoms with van der Waals surface area (Å²) < 4.78 is 34.1. The molecule has 1 fully saturated rings. The average Bonchev–Trinajstić information content (AvgIpc) is 3.41. The number of nitrogens with two attached hydrogens (primary N) is 1. The molecule has 0 unspecified atom stereocenters. The van der Waals surface area contributed by atoms with Crippen molar-refractivity contribution in [1.29, 1.82) is 0 Å². The van der Waals surface area contributed by atoms with Crippen LogP contribution in [-0.2, 0) is 16.4 Å². The number of amides is 2. The zero-order chi connectivity index (χ0) is 29.1. The predicted molar refractivity (Wildman–Crippen MR) is 164 cm³/mol. The van der Waals surface area contributed by atoms with Gasteiger partial charge in [-0.25, -0.2) is 22.2 Å². The second kappa shape index (κ2) is 12.0. The number of carbonyl (C=O) groups is 1. The van der Waals surface area contributed by atoms with Crippen LogP contribution in [0.25, 0.3) is 11.0 Å². The Morgan fingerprint density at radius 2 is 1.79 bits per heavy atom. The quantitative estimate of drug-likeness (QED) is 0.293. The Morgan fingerprint density at radius 3 is 2.57 bits per heavy atom. The zero-order valence-electron chi connectivity index (χ0n) is 23.6. The molecule has 0 atom stereocenters. The summed E-state index contributed by atoms with van der Waals surface area (Å²) in [5.74, 6) is 1.05. The normalized spacial score (nSPS) is 15.8. The minimum atomic E-state index is -3.92. The number of fused-ring (bicyclic) bond motifs is 2. The molecule has 2 aromatic carbocycles. The summed E-state index contributed by atoms with van der Waals surface area (Å²) in [6, 6.07) is 17.5. The SMILES string of the molecule is NC(=O)N(CCCCN1CCN(c2cccc3c2OCCC3)CC1)c1cn(S(=O)(=O)c2ccccc2)c2ncccc12. The molecule has 2 aromatic heterocycles. The number of aromatic nitrogens is 2. The highest BCUT2D eigenvalue weighted by molar-refractivity contribution is 7.90. The monoisotopic (exact) mass is 588 g/mol. The standard InChI is InChI=1S/C31H36N6O4S/c32-31(38)36(28-23-37(30-26(28)13-7-15-33-30)42(39,40)25-11-2-1-3-12-25)17-5-4-16-34-18-20-35(21-19-34)27-14-6-9-24-10-8-22-41-29(24)27/h1-3,6-7,9,11-15,23H,4-5,8,10,16-22H2,(H2,32,38). The van der Waals surface area contributed by atoms with Crippen molar-refractivity contribution in [3.05, 3.63) is 78.6 Å². The predicted octanol–water partition coefficient (Wildman–Crippen LogP) is 4.09. The van der Waals surface area contributed by atoms with Crippen molar-refractivity contribution < 1.29 is 17.9 Å². The van der Waals surface area contributed by atoms with Crippen molar-refractivity contribution in [2.45, 2.75) is 30.6 Å². The maximum atomic E-state index is 13.4. The van der Waals surface area contributed by atoms with Gasteiger partial charge in [0.25, 0.3) is 10.0 Å². The van der Waals surface area contributed by atoms with Gasteiger partial charge in [0.05, 0.1) is 22.9 Å². The van der Waals surface area contributed by atoms with E-state index in [0.29, 0.717) is 17.6 Å². The van der Waals surface area contributed by atoms with Crippen LogP contribution in [0.15, 0.2) is 78.0 Å². The Morgan fingerprint density at radius 1 is 0.976 bits per heavy atom. The third kappa shape index (κ3) is 5.54. The van der Waals surface area contributed by atoms with Crippen LogP contribution in [0.2, 0.25) is 0 Å². The lowest BCUT2D eigenvalue weighted by atomic mass is 10.0. The first-order chi connectivity index (χ1) is 20.4. The molecule has 4 heterocycles. The number of nitrogens with zero attached hydrogens (tertiary/aromatic N) is 5. The number of unbranched alkanes of at least 4 members (excludes halogenated alkanes) is 1. The lowest BCUT2D eigenvalue weighted by Crippen LogP contribution is -2.47. The fourth-order valence-corrected chi connectivity index (χ4v) is 7.25. The van der Waals surface area contributed by atoms with Gasteiger partial charge >= 0.3 is 6.03 Å². The summed E-state index contributed by atoms with van der Waals surface area (Å²) in [5.41, 5.74) is 9.01. The largest absolute Gasteiger partial charge is 0.491 e. The molecule has 0 radical (unpaired) electrons. The van der Waals surface area contributed by atoms with Crippen LogP contribution in [0, 0.1) is 0 Å². The number of ether oxygens (including phenoxy) is 1. The molecule has 0 aliphatic carbocycles. The van der Waals surface area contributed by atoms with Gasteiger partial charge in [0.2, 0.25) is 0 Å². The summed E-state index contributed by atoms with van der Waals surface area (Å²) in [6.45, 7) is 5.87. The highest BCUT2D eigenvalue weighted by atomic mass is 32.2. The number of hydrogen-bond acceptors (Lipinski definition) is 7. The van der Waals surface area contributed by atoms with Gasteiger partial charge in [-0.2, -0.15) is 0 Å². The molecule has 4 aromatic rings. The number of para-hydroxylation sites is 1. The third-order valence-electron chi connectivity index (χ3n) is 8.10. The average molecular weight is 589 g/mol. The molecule has 2 amide bonds. The van der Waals surface area contributed by atoms with E-state index < -0.39 is 16.1 Å². The lowest BCUT2D eigenvalue weighted by molar-refractivity contribution is 0.247. The Balaban J connectivity index is 1.09. The van der Waals surface area contributed by atoms with Crippen LogP contribution in [0.4, 0.5) is 16.2 Å². The van der Waals surface area contributed by atoms with Gasteiger partial charge in [-0.1, -0.05) is 30.3 Å². The van der Waals surface area contributed by atoms with Crippen LogP contribution in [0.1, 0.15) is 24.8 Å². The number of pyridine rings is 1. The van der Waals surface area contributed by atoms with E-state index in [1.54, 1.807) is 30.3 Å². The van der Waals surface area contributed by atoms with Gasteiger partial charge in [-0.15, -0.1) is 0 Å². The summed E-state index contributed by atoms with van der Waals surface area (Å²) in [6.07, 6.45) is 6.75. The second-order valence-corrected chi connectivity index (χ2v) is 12.6. The number of hydrogen-bond donors (Lipinski definition) is 1. The van der Waals surface area contributed by atoms with E-state index in [0.717, 1.165) is 74.7 Å². The maximum absolute atomic E-state index is 13.4. The number of primary amides is 1. The van der Waals surface area contributed by atoms with Crippen molar-refractivity contribution in [3.63, 3.8) is 0 Å². The Kier molecular flexibility index (Phi) is 8.03. The van der Waals surface area contributed by atoms with Gasteiger partial charge in [-0.3, -0.25) is 9.80 Å². The molecule has 0 bridgehead atoms. The Bertz CT molecular complexity index is 1670. The van der Waals surface area contributed by atoms with Gasteiger partial charge in [-0.05, 0) is 68.1 Å². The molecule has 1 saturated heterocycles. The van der Waals surface area contributed by atoms with Crippen molar-refractivity contribution in [2.24, 2.45) is 5.73 Å². The fraction of sp³-hybridized carbons (Fsp3) is 0.355. The van der Waals surface area contributed by atoms with Crippen molar-refractivity contribution in [1.82, 2.24) is 13.9 Å². The molecule has 220 valence electrons. The zero-order valence-corrected chi connectivity index (χ0v) is 24.4. The van der Waals surface area contributed by atoms with Crippen LogP contribution in [0.5, 0.6) is 5.75 Å². The summed E-state index contributed by atoms with van der Waals surface area (Å²) in [4.78, 5) is 23.4. The van der Waals surface area contributed by atoms with Crippen LogP contribution < -0.4 is 20.3 Å². The molecule has 11 heteroatoms. The van der Waals surface area contributed by atoms with Crippen molar-refractivity contribution in [2.75, 3.05) is 55.7 Å². The van der Waals surface area contributed by atoms with Crippen LogP contribution in [-0.4, -0.2) is 74.2 Å². The minimum absolute atomic E-state index is 0.143. The minimum Gasteiger partial charge on any atom is -0.491 e. The molecule has 0 saturated carbocycles. The highest BCUT2D eigenvalue weighted by Gasteiger charge is 2.26. The van der Waals surface area contributed by atoms with E-state index in [-0.39, 0.29) is 10.5 Å². The van der Waals surface area contributed by atoms with Gasteiger partial charge in [0.1, 0.15) is 5.75 Å². The summed E-state index contributed by atoms with van der Waals surface area (Å²) in [5, 5.41) is 0.555. The molecular weight excluding hydrogens is 552 g/mol. The molecule has 10 nitrogen and oxygen atoms in total.